The lowest BCUT2D eigenvalue weighted by molar-refractivity contribution is 0.0698. The second kappa shape index (κ2) is 5.31. The van der Waals surface area contributed by atoms with Gasteiger partial charge >= 0.3 is 5.97 Å². The molecule has 0 bridgehead atoms. The van der Waals surface area contributed by atoms with Gasteiger partial charge in [0.15, 0.2) is 0 Å². The lowest BCUT2D eigenvalue weighted by atomic mass is 10.1. The van der Waals surface area contributed by atoms with Crippen LogP contribution in [0, 0.1) is 0 Å². The summed E-state index contributed by atoms with van der Waals surface area (Å²) in [5, 5.41) is 12.9. The lowest BCUT2D eigenvalue weighted by Crippen LogP contribution is -2.14. The highest BCUT2D eigenvalue weighted by Crippen LogP contribution is 2.26. The van der Waals surface area contributed by atoms with Gasteiger partial charge in [0.1, 0.15) is 0 Å². The molecule has 2 rings (SSSR count). The summed E-state index contributed by atoms with van der Waals surface area (Å²) in [6.07, 6.45) is 2.51. The molecule has 1 aliphatic rings. The number of rotatable bonds is 4. The monoisotopic (exact) mass is 252 g/mol. The number of nitrogen functional groups attached to an aromatic ring is 1. The summed E-state index contributed by atoms with van der Waals surface area (Å²) in [6, 6.07) is 5.05. The van der Waals surface area contributed by atoms with Crippen molar-refractivity contribution >= 4 is 29.1 Å². The van der Waals surface area contributed by atoms with Crippen LogP contribution in [0.4, 0.5) is 11.4 Å². The van der Waals surface area contributed by atoms with Crippen molar-refractivity contribution < 1.29 is 9.90 Å². The number of nitrogens with one attached hydrogen (secondary N) is 1. The van der Waals surface area contributed by atoms with E-state index in [-0.39, 0.29) is 5.56 Å². The molecule has 17 heavy (non-hydrogen) atoms. The highest BCUT2D eigenvalue weighted by Gasteiger charge is 2.15. The maximum absolute atomic E-state index is 10.9. The lowest BCUT2D eigenvalue weighted by Gasteiger charge is -2.12. The first kappa shape index (κ1) is 12.1. The Balaban J connectivity index is 2.00. The number of thioether (sulfide) groups is 1. The average molecular weight is 252 g/mol. The van der Waals surface area contributed by atoms with Crippen molar-refractivity contribution in [2.75, 3.05) is 23.3 Å². The normalized spacial score (nSPS) is 19.2. The fraction of sp³-hybridized carbons (Fsp3) is 0.417. The van der Waals surface area contributed by atoms with Crippen molar-refractivity contribution in [3.05, 3.63) is 23.8 Å². The van der Waals surface area contributed by atoms with Crippen LogP contribution in [0.3, 0.4) is 0 Å². The number of hydrogen-bond acceptors (Lipinski definition) is 4. The minimum absolute atomic E-state index is 0.161. The van der Waals surface area contributed by atoms with Gasteiger partial charge in [0.25, 0.3) is 0 Å². The first-order valence-corrected chi connectivity index (χ1v) is 6.70. The van der Waals surface area contributed by atoms with Gasteiger partial charge in [0.2, 0.25) is 0 Å². The molecule has 1 aromatic carbocycles. The van der Waals surface area contributed by atoms with Crippen molar-refractivity contribution in [2.45, 2.75) is 18.1 Å². The summed E-state index contributed by atoms with van der Waals surface area (Å²) in [4.78, 5) is 10.9. The largest absolute Gasteiger partial charge is 0.478 e. The van der Waals surface area contributed by atoms with Crippen LogP contribution < -0.4 is 11.1 Å². The van der Waals surface area contributed by atoms with Crippen LogP contribution in [0.1, 0.15) is 23.2 Å². The summed E-state index contributed by atoms with van der Waals surface area (Å²) in [7, 11) is 0. The van der Waals surface area contributed by atoms with E-state index in [9.17, 15) is 4.79 Å². The molecule has 4 N–H and O–H groups in total. The highest BCUT2D eigenvalue weighted by molar-refractivity contribution is 8.00. The van der Waals surface area contributed by atoms with Gasteiger partial charge in [-0.3, -0.25) is 0 Å². The fourth-order valence-corrected chi connectivity index (χ4v) is 3.09. The third-order valence-corrected chi connectivity index (χ3v) is 4.24. The van der Waals surface area contributed by atoms with E-state index in [1.165, 1.54) is 18.6 Å². The van der Waals surface area contributed by atoms with E-state index in [1.807, 2.05) is 17.8 Å². The van der Waals surface area contributed by atoms with Gasteiger partial charge in [0, 0.05) is 23.2 Å². The molecule has 1 fully saturated rings. The van der Waals surface area contributed by atoms with Crippen molar-refractivity contribution in [1.82, 2.24) is 0 Å². The van der Waals surface area contributed by atoms with E-state index >= 15 is 0 Å². The molecule has 1 unspecified atom stereocenters. The maximum Gasteiger partial charge on any atom is 0.337 e. The van der Waals surface area contributed by atoms with E-state index in [0.717, 1.165) is 12.2 Å². The number of hydrogen-bond donors (Lipinski definition) is 3. The Morgan fingerprint density at radius 3 is 3.06 bits per heavy atom. The molecule has 1 atom stereocenters. The summed E-state index contributed by atoms with van der Waals surface area (Å²) in [6.45, 7) is 0.883. The fourth-order valence-electron chi connectivity index (χ4n) is 1.89. The molecule has 0 saturated carbocycles. The predicted octanol–water partition coefficient (Wildman–Crippen LogP) is 2.27. The average Bonchev–Trinajstić information content (AvgIpc) is 2.80. The van der Waals surface area contributed by atoms with Crippen molar-refractivity contribution in [1.29, 1.82) is 0 Å². The first-order valence-electron chi connectivity index (χ1n) is 5.65. The minimum atomic E-state index is -0.985. The van der Waals surface area contributed by atoms with Crippen LogP contribution in [-0.4, -0.2) is 28.6 Å². The molecule has 0 amide bonds. The molecule has 1 aromatic rings. The molecule has 0 aromatic heterocycles. The van der Waals surface area contributed by atoms with Gasteiger partial charge in [-0.25, -0.2) is 4.79 Å². The molecule has 5 heteroatoms. The molecule has 92 valence electrons. The van der Waals surface area contributed by atoms with Gasteiger partial charge in [-0.1, -0.05) is 0 Å². The summed E-state index contributed by atoms with van der Waals surface area (Å²) >= 11 is 1.97. The number of benzene rings is 1. The Bertz CT molecular complexity index is 417. The Kier molecular flexibility index (Phi) is 3.78. The second-order valence-corrected chi connectivity index (χ2v) is 5.53. The second-order valence-electron chi connectivity index (χ2n) is 4.12. The van der Waals surface area contributed by atoms with Crippen LogP contribution in [-0.2, 0) is 0 Å². The Hall–Kier alpha value is -1.36. The van der Waals surface area contributed by atoms with Crippen LogP contribution in [0.25, 0.3) is 0 Å². The number of aromatic carboxylic acids is 1. The van der Waals surface area contributed by atoms with Crippen molar-refractivity contribution in [3.8, 4) is 0 Å². The van der Waals surface area contributed by atoms with Gasteiger partial charge < -0.3 is 16.2 Å². The molecule has 0 aliphatic carbocycles. The molecule has 1 aliphatic heterocycles. The van der Waals surface area contributed by atoms with E-state index < -0.39 is 5.97 Å². The van der Waals surface area contributed by atoms with Crippen LogP contribution >= 0.6 is 11.8 Å². The zero-order chi connectivity index (χ0) is 12.3. The first-order chi connectivity index (χ1) is 8.16. The van der Waals surface area contributed by atoms with E-state index in [4.69, 9.17) is 10.8 Å². The van der Waals surface area contributed by atoms with E-state index in [1.54, 1.807) is 12.1 Å². The van der Waals surface area contributed by atoms with Crippen LogP contribution in [0.2, 0.25) is 0 Å². The Labute approximate surface area is 105 Å². The summed E-state index contributed by atoms with van der Waals surface area (Å²) < 4.78 is 0. The topological polar surface area (TPSA) is 75.3 Å². The molecule has 0 spiro atoms. The standard InChI is InChI=1S/C12H16N2O2S/c13-11-4-3-8(6-10(11)12(15)16)14-7-9-2-1-5-17-9/h3-4,6,9,14H,1-2,5,7,13H2,(H,15,16). The Morgan fingerprint density at radius 2 is 2.41 bits per heavy atom. The van der Waals surface area contributed by atoms with E-state index in [2.05, 4.69) is 5.32 Å². The highest BCUT2D eigenvalue weighted by atomic mass is 32.2. The van der Waals surface area contributed by atoms with E-state index in [0.29, 0.717) is 10.9 Å². The number of carboxylic acids is 1. The molecule has 1 heterocycles. The zero-order valence-corrected chi connectivity index (χ0v) is 10.3. The molecule has 1 saturated heterocycles. The predicted molar refractivity (Wildman–Crippen MR) is 71.8 cm³/mol. The van der Waals surface area contributed by atoms with Crippen molar-refractivity contribution in [3.63, 3.8) is 0 Å². The molecule has 4 nitrogen and oxygen atoms in total. The third-order valence-electron chi connectivity index (χ3n) is 2.84. The number of anilines is 2. The number of nitrogens with two attached hydrogens (primary N) is 1. The van der Waals surface area contributed by atoms with Gasteiger partial charge in [-0.15, -0.1) is 0 Å². The molecular weight excluding hydrogens is 236 g/mol. The molecule has 0 radical (unpaired) electrons. The van der Waals surface area contributed by atoms with Gasteiger partial charge in [-0.05, 0) is 36.8 Å². The summed E-state index contributed by atoms with van der Waals surface area (Å²) in [5.41, 5.74) is 6.88. The number of carboxylic acid groups (broad SMARTS) is 1. The Morgan fingerprint density at radius 1 is 1.59 bits per heavy atom. The quantitative estimate of drug-likeness (QED) is 0.717. The van der Waals surface area contributed by atoms with Gasteiger partial charge in [0.05, 0.1) is 5.56 Å². The zero-order valence-electron chi connectivity index (χ0n) is 9.48. The summed E-state index contributed by atoms with van der Waals surface area (Å²) in [5.74, 6) is 0.246. The SMILES string of the molecule is Nc1ccc(NCC2CCCS2)cc1C(=O)O. The maximum atomic E-state index is 10.9. The van der Waals surface area contributed by atoms with Gasteiger partial charge in [-0.2, -0.15) is 11.8 Å². The number of carbonyl (C=O) groups is 1. The van der Waals surface area contributed by atoms with Crippen LogP contribution in [0.5, 0.6) is 0 Å². The minimum Gasteiger partial charge on any atom is -0.478 e. The smallest absolute Gasteiger partial charge is 0.337 e. The van der Waals surface area contributed by atoms with Crippen LogP contribution in [0.15, 0.2) is 18.2 Å². The van der Waals surface area contributed by atoms with Crippen molar-refractivity contribution in [2.24, 2.45) is 0 Å². The third kappa shape index (κ3) is 3.06. The molecular formula is C12H16N2O2S.